The molecule has 0 aliphatic heterocycles. The molecule has 0 amide bonds. The number of nitrogens with two attached hydrogens (primary N) is 1. The number of rotatable bonds is 3. The minimum Gasteiger partial charge on any atom is -0.399 e. The third-order valence-corrected chi connectivity index (χ3v) is 2.66. The molecule has 94 valence electrons. The van der Waals surface area contributed by atoms with Crippen LogP contribution in [0.4, 0.5) is 27.1 Å². The lowest BCUT2D eigenvalue weighted by molar-refractivity contribution is 0.632. The van der Waals surface area contributed by atoms with Crippen molar-refractivity contribution in [2.45, 2.75) is 0 Å². The van der Waals surface area contributed by atoms with Crippen LogP contribution in [-0.2, 0) is 0 Å². The van der Waals surface area contributed by atoms with Crippen molar-refractivity contribution in [3.05, 3.63) is 48.3 Å². The molecule has 2 rings (SSSR count). The minimum atomic E-state index is -0.355. The molecule has 4 heteroatoms. The van der Waals surface area contributed by atoms with Gasteiger partial charge in [0, 0.05) is 31.2 Å². The van der Waals surface area contributed by atoms with Gasteiger partial charge >= 0.3 is 0 Å². The molecule has 0 aliphatic carbocycles. The van der Waals surface area contributed by atoms with E-state index in [1.54, 1.807) is 12.1 Å². The average molecular weight is 245 g/mol. The average Bonchev–Trinajstić information content (AvgIpc) is 2.33. The number of anilines is 4. The molecule has 0 aliphatic rings. The molecule has 3 N–H and O–H groups in total. The molecule has 0 atom stereocenters. The van der Waals surface area contributed by atoms with Crippen molar-refractivity contribution in [1.82, 2.24) is 0 Å². The summed E-state index contributed by atoms with van der Waals surface area (Å²) in [5.74, 6) is -0.355. The lowest BCUT2D eigenvalue weighted by Gasteiger charge is -2.13. The van der Waals surface area contributed by atoms with E-state index in [9.17, 15) is 4.39 Å². The molecular weight excluding hydrogens is 229 g/mol. The van der Waals surface area contributed by atoms with Crippen molar-refractivity contribution in [3.63, 3.8) is 0 Å². The summed E-state index contributed by atoms with van der Waals surface area (Å²) in [5, 5.41) is 3.02. The summed E-state index contributed by atoms with van der Waals surface area (Å²) in [6, 6.07) is 12.4. The van der Waals surface area contributed by atoms with E-state index in [1.807, 2.05) is 43.3 Å². The summed E-state index contributed by atoms with van der Waals surface area (Å²) in [6.07, 6.45) is 0. The quantitative estimate of drug-likeness (QED) is 0.816. The molecule has 2 aromatic rings. The molecule has 3 nitrogen and oxygen atoms in total. The number of halogens is 1. The lowest BCUT2D eigenvalue weighted by Crippen LogP contribution is -2.08. The van der Waals surface area contributed by atoms with E-state index in [2.05, 4.69) is 5.32 Å². The summed E-state index contributed by atoms with van der Waals surface area (Å²) in [5.41, 5.74) is 8.27. The largest absolute Gasteiger partial charge is 0.399 e. The lowest BCUT2D eigenvalue weighted by atomic mass is 10.2. The highest BCUT2D eigenvalue weighted by molar-refractivity contribution is 5.64. The SMILES string of the molecule is CN(C)c1ccc(Nc2ccc(N)cc2F)cc1. The van der Waals surface area contributed by atoms with Gasteiger partial charge in [0.1, 0.15) is 5.82 Å². The molecule has 0 aromatic heterocycles. The van der Waals surface area contributed by atoms with Crippen LogP contribution in [0, 0.1) is 5.82 Å². The van der Waals surface area contributed by atoms with Crippen LogP contribution in [0.1, 0.15) is 0 Å². The Hall–Kier alpha value is -2.23. The standard InChI is InChI=1S/C14H16FN3/c1-18(2)12-6-4-11(5-7-12)17-14-8-3-10(16)9-13(14)15/h3-9,17H,16H2,1-2H3. The molecule has 0 unspecified atom stereocenters. The summed E-state index contributed by atoms with van der Waals surface area (Å²) < 4.78 is 13.6. The van der Waals surface area contributed by atoms with Gasteiger partial charge in [-0.1, -0.05) is 0 Å². The zero-order valence-electron chi connectivity index (χ0n) is 10.4. The molecule has 0 bridgehead atoms. The second kappa shape index (κ2) is 4.96. The van der Waals surface area contributed by atoms with Crippen LogP contribution in [0.5, 0.6) is 0 Å². The molecule has 0 heterocycles. The fourth-order valence-electron chi connectivity index (χ4n) is 1.63. The van der Waals surface area contributed by atoms with Gasteiger partial charge in [-0.25, -0.2) is 4.39 Å². The number of nitrogen functional groups attached to an aromatic ring is 1. The smallest absolute Gasteiger partial charge is 0.148 e. The van der Waals surface area contributed by atoms with Crippen LogP contribution in [-0.4, -0.2) is 14.1 Å². The fourth-order valence-corrected chi connectivity index (χ4v) is 1.63. The highest BCUT2D eigenvalue weighted by Gasteiger charge is 2.03. The fraction of sp³-hybridized carbons (Fsp3) is 0.143. The van der Waals surface area contributed by atoms with Crippen molar-refractivity contribution < 1.29 is 4.39 Å². The molecule has 0 saturated heterocycles. The van der Waals surface area contributed by atoms with Crippen LogP contribution >= 0.6 is 0 Å². The zero-order chi connectivity index (χ0) is 13.1. The number of nitrogens with zero attached hydrogens (tertiary/aromatic N) is 1. The Morgan fingerprint density at radius 1 is 1.06 bits per heavy atom. The van der Waals surface area contributed by atoms with Crippen LogP contribution in [0.3, 0.4) is 0 Å². The van der Waals surface area contributed by atoms with Crippen LogP contribution in [0.15, 0.2) is 42.5 Å². The maximum Gasteiger partial charge on any atom is 0.148 e. The van der Waals surface area contributed by atoms with Crippen molar-refractivity contribution in [1.29, 1.82) is 0 Å². The van der Waals surface area contributed by atoms with Gasteiger partial charge in [0.2, 0.25) is 0 Å². The van der Waals surface area contributed by atoms with E-state index in [4.69, 9.17) is 5.73 Å². The van der Waals surface area contributed by atoms with Gasteiger partial charge in [0.25, 0.3) is 0 Å². The minimum absolute atomic E-state index is 0.355. The van der Waals surface area contributed by atoms with Gasteiger partial charge in [0.05, 0.1) is 5.69 Å². The van der Waals surface area contributed by atoms with Crippen molar-refractivity contribution in [2.24, 2.45) is 0 Å². The Morgan fingerprint density at radius 3 is 2.28 bits per heavy atom. The zero-order valence-corrected chi connectivity index (χ0v) is 10.4. The first-order chi connectivity index (χ1) is 8.56. The molecule has 0 fully saturated rings. The van der Waals surface area contributed by atoms with E-state index in [0.717, 1.165) is 11.4 Å². The van der Waals surface area contributed by atoms with Gasteiger partial charge < -0.3 is 16.0 Å². The van der Waals surface area contributed by atoms with Gasteiger partial charge in [-0.15, -0.1) is 0 Å². The van der Waals surface area contributed by atoms with Gasteiger partial charge in [-0.3, -0.25) is 0 Å². The first-order valence-electron chi connectivity index (χ1n) is 5.66. The first kappa shape index (κ1) is 12.2. The van der Waals surface area contributed by atoms with Crippen LogP contribution < -0.4 is 16.0 Å². The number of benzene rings is 2. The third kappa shape index (κ3) is 2.71. The highest BCUT2D eigenvalue weighted by atomic mass is 19.1. The summed E-state index contributed by atoms with van der Waals surface area (Å²) in [4.78, 5) is 2.01. The maximum atomic E-state index is 13.6. The second-order valence-electron chi connectivity index (χ2n) is 4.31. The summed E-state index contributed by atoms with van der Waals surface area (Å²) in [7, 11) is 3.95. The van der Waals surface area contributed by atoms with E-state index in [1.165, 1.54) is 6.07 Å². The molecule has 0 radical (unpaired) electrons. The van der Waals surface area contributed by atoms with E-state index in [-0.39, 0.29) is 5.82 Å². The van der Waals surface area contributed by atoms with Gasteiger partial charge in [0.15, 0.2) is 0 Å². The molecule has 0 spiro atoms. The molecule has 18 heavy (non-hydrogen) atoms. The number of nitrogens with one attached hydrogen (secondary N) is 1. The molecule has 0 saturated carbocycles. The van der Waals surface area contributed by atoms with E-state index in [0.29, 0.717) is 11.4 Å². The van der Waals surface area contributed by atoms with Gasteiger partial charge in [-0.05, 0) is 42.5 Å². The maximum absolute atomic E-state index is 13.6. The molecule has 2 aromatic carbocycles. The normalized spacial score (nSPS) is 10.2. The predicted octanol–water partition coefficient (Wildman–Crippen LogP) is 3.22. The Balaban J connectivity index is 2.18. The Morgan fingerprint density at radius 2 is 1.72 bits per heavy atom. The van der Waals surface area contributed by atoms with E-state index >= 15 is 0 Å². The van der Waals surface area contributed by atoms with Crippen LogP contribution in [0.2, 0.25) is 0 Å². The Labute approximate surface area is 106 Å². The summed E-state index contributed by atoms with van der Waals surface area (Å²) >= 11 is 0. The van der Waals surface area contributed by atoms with Crippen LogP contribution in [0.25, 0.3) is 0 Å². The van der Waals surface area contributed by atoms with Crippen molar-refractivity contribution >= 4 is 22.7 Å². The highest BCUT2D eigenvalue weighted by Crippen LogP contribution is 2.23. The second-order valence-corrected chi connectivity index (χ2v) is 4.31. The summed E-state index contributed by atoms with van der Waals surface area (Å²) in [6.45, 7) is 0. The van der Waals surface area contributed by atoms with Gasteiger partial charge in [-0.2, -0.15) is 0 Å². The Kier molecular flexibility index (Phi) is 3.37. The van der Waals surface area contributed by atoms with E-state index < -0.39 is 0 Å². The van der Waals surface area contributed by atoms with Crippen molar-refractivity contribution in [3.8, 4) is 0 Å². The Bertz CT molecular complexity index is 535. The topological polar surface area (TPSA) is 41.3 Å². The van der Waals surface area contributed by atoms with Crippen molar-refractivity contribution in [2.75, 3.05) is 30.0 Å². The third-order valence-electron chi connectivity index (χ3n) is 2.66. The predicted molar refractivity (Wildman–Crippen MR) is 74.9 cm³/mol. The molecular formula is C14H16FN3. The monoisotopic (exact) mass is 245 g/mol. The number of hydrogen-bond acceptors (Lipinski definition) is 3. The first-order valence-corrected chi connectivity index (χ1v) is 5.66. The number of hydrogen-bond donors (Lipinski definition) is 2.